The van der Waals surface area contributed by atoms with E-state index >= 15 is 0 Å². The van der Waals surface area contributed by atoms with Crippen molar-refractivity contribution in [3.05, 3.63) is 0 Å². The molecule has 0 amide bonds. The van der Waals surface area contributed by atoms with Crippen molar-refractivity contribution in [3.63, 3.8) is 0 Å². The Bertz CT molecular complexity index is 385. The van der Waals surface area contributed by atoms with Gasteiger partial charge in [-0.25, -0.2) is 0 Å². The maximum Gasteiger partial charge on any atom is -0.0443 e. The smallest absolute Gasteiger partial charge is 0.0443 e. The Morgan fingerprint density at radius 2 is 0.405 bits per heavy atom. The first-order valence-electron chi connectivity index (χ1n) is 18.2. The van der Waals surface area contributed by atoms with Crippen LogP contribution < -0.4 is 0 Å². The molecule has 0 fully saturated rings. The van der Waals surface area contributed by atoms with Crippen molar-refractivity contribution in [1.29, 1.82) is 0 Å². The fourth-order valence-corrected chi connectivity index (χ4v) is 6.12. The van der Waals surface area contributed by atoms with Crippen molar-refractivity contribution >= 4 is 0 Å². The molecular weight excluding hydrogens is 444 g/mol. The summed E-state index contributed by atoms with van der Waals surface area (Å²) in [6, 6.07) is 0. The van der Waals surface area contributed by atoms with Crippen LogP contribution >= 0.6 is 0 Å². The summed E-state index contributed by atoms with van der Waals surface area (Å²) in [5.74, 6) is 1.93. The van der Waals surface area contributed by atoms with Crippen LogP contribution in [0.1, 0.15) is 227 Å². The molecule has 0 aromatic carbocycles. The predicted octanol–water partition coefficient (Wildman–Crippen LogP) is 14.4. The van der Waals surface area contributed by atoms with Gasteiger partial charge in [0, 0.05) is 0 Å². The summed E-state index contributed by atoms with van der Waals surface area (Å²) in [4.78, 5) is 0. The fourth-order valence-electron chi connectivity index (χ4n) is 6.12. The molecule has 0 aromatic heterocycles. The molecule has 37 heavy (non-hydrogen) atoms. The summed E-state index contributed by atoms with van der Waals surface area (Å²) in [6.45, 7) is 9.61. The van der Waals surface area contributed by atoms with E-state index in [0.29, 0.717) is 0 Å². The minimum absolute atomic E-state index is 0.963. The molecule has 2 unspecified atom stereocenters. The van der Waals surface area contributed by atoms with Gasteiger partial charge in [0.2, 0.25) is 0 Å². The van der Waals surface area contributed by atoms with E-state index in [9.17, 15) is 0 Å². The molecule has 2 atom stereocenters. The Labute approximate surface area is 238 Å². The van der Waals surface area contributed by atoms with Crippen molar-refractivity contribution < 1.29 is 0 Å². The van der Waals surface area contributed by atoms with Gasteiger partial charge in [0.15, 0.2) is 0 Å². The fraction of sp³-hybridized carbons (Fsp3) is 1.00. The van der Waals surface area contributed by atoms with Crippen LogP contribution in [0.3, 0.4) is 0 Å². The van der Waals surface area contributed by atoms with Crippen LogP contribution in [0.15, 0.2) is 0 Å². The van der Waals surface area contributed by atoms with Crippen LogP contribution in [-0.4, -0.2) is 0 Å². The van der Waals surface area contributed by atoms with Crippen molar-refractivity contribution in [1.82, 2.24) is 0 Å². The van der Waals surface area contributed by atoms with E-state index in [1.165, 1.54) is 199 Å². The average molecular weight is 521 g/mol. The van der Waals surface area contributed by atoms with Gasteiger partial charge in [-0.05, 0) is 11.8 Å². The first-order chi connectivity index (χ1) is 18.2. The summed E-state index contributed by atoms with van der Waals surface area (Å²) >= 11 is 0. The molecule has 0 bridgehead atoms. The van der Waals surface area contributed by atoms with Crippen LogP contribution in [0.25, 0.3) is 0 Å². The Balaban J connectivity index is 3.20. The second kappa shape index (κ2) is 32.2. The molecule has 0 radical (unpaired) electrons. The maximum absolute atomic E-state index is 2.51. The van der Waals surface area contributed by atoms with Gasteiger partial charge in [-0.15, -0.1) is 0 Å². The lowest BCUT2D eigenvalue weighted by atomic mass is 9.95. The molecular formula is C37H76. The first-order valence-corrected chi connectivity index (χ1v) is 18.2. The third-order valence-electron chi connectivity index (χ3n) is 8.99. The molecule has 224 valence electrons. The third kappa shape index (κ3) is 32.1. The molecule has 0 saturated carbocycles. The summed E-state index contributed by atoms with van der Waals surface area (Å²) in [5, 5.41) is 0. The molecule has 0 heteroatoms. The van der Waals surface area contributed by atoms with E-state index in [0.717, 1.165) is 11.8 Å². The summed E-state index contributed by atoms with van der Waals surface area (Å²) in [5.41, 5.74) is 0. The van der Waals surface area contributed by atoms with E-state index in [1.54, 1.807) is 0 Å². The molecule has 0 spiro atoms. The van der Waals surface area contributed by atoms with Gasteiger partial charge in [0.25, 0.3) is 0 Å². The molecule has 0 N–H and O–H groups in total. The maximum atomic E-state index is 2.51. The van der Waals surface area contributed by atoms with Crippen molar-refractivity contribution in [2.24, 2.45) is 11.8 Å². The van der Waals surface area contributed by atoms with Crippen LogP contribution in [0.2, 0.25) is 0 Å². The van der Waals surface area contributed by atoms with Gasteiger partial charge >= 0.3 is 0 Å². The largest absolute Gasteiger partial charge is 0.0654 e. The molecule has 0 aliphatic rings. The lowest BCUT2D eigenvalue weighted by Gasteiger charge is -2.12. The van der Waals surface area contributed by atoms with Crippen LogP contribution in [0.5, 0.6) is 0 Å². The van der Waals surface area contributed by atoms with Gasteiger partial charge in [-0.2, -0.15) is 0 Å². The summed E-state index contributed by atoms with van der Waals surface area (Å²) in [6.07, 6.45) is 45.6. The van der Waals surface area contributed by atoms with Crippen molar-refractivity contribution in [2.75, 3.05) is 0 Å². The molecule has 0 nitrogen and oxygen atoms in total. The lowest BCUT2D eigenvalue weighted by Crippen LogP contribution is -1.96. The summed E-state index contributed by atoms with van der Waals surface area (Å²) < 4.78 is 0. The molecule has 0 aliphatic carbocycles. The zero-order chi connectivity index (χ0) is 27.1. The summed E-state index contributed by atoms with van der Waals surface area (Å²) in [7, 11) is 0. The zero-order valence-electron chi connectivity index (χ0n) is 27.1. The highest BCUT2D eigenvalue weighted by atomic mass is 14.1. The van der Waals surface area contributed by atoms with E-state index in [2.05, 4.69) is 27.7 Å². The quantitative estimate of drug-likeness (QED) is 0.0773. The second-order valence-corrected chi connectivity index (χ2v) is 13.2. The van der Waals surface area contributed by atoms with Gasteiger partial charge in [-0.3, -0.25) is 0 Å². The van der Waals surface area contributed by atoms with E-state index < -0.39 is 0 Å². The highest BCUT2D eigenvalue weighted by molar-refractivity contribution is 4.58. The average Bonchev–Trinajstić information content (AvgIpc) is 2.90. The first kappa shape index (κ1) is 37.0. The Hall–Kier alpha value is 0. The number of hydrogen-bond donors (Lipinski definition) is 0. The number of rotatable bonds is 32. The molecule has 0 rings (SSSR count). The predicted molar refractivity (Wildman–Crippen MR) is 173 cm³/mol. The molecule has 0 aromatic rings. The number of unbranched alkanes of at least 4 members (excludes halogenated alkanes) is 24. The minimum atomic E-state index is 0.963. The molecule has 0 saturated heterocycles. The highest BCUT2D eigenvalue weighted by Gasteiger charge is 2.04. The van der Waals surface area contributed by atoms with E-state index in [1.807, 2.05) is 0 Å². The van der Waals surface area contributed by atoms with Crippen molar-refractivity contribution in [2.45, 2.75) is 227 Å². The van der Waals surface area contributed by atoms with E-state index in [4.69, 9.17) is 0 Å². The Kier molecular flexibility index (Phi) is 32.2. The lowest BCUT2D eigenvalue weighted by molar-refractivity contribution is 0.423. The van der Waals surface area contributed by atoms with Crippen molar-refractivity contribution in [3.8, 4) is 0 Å². The zero-order valence-corrected chi connectivity index (χ0v) is 27.1. The normalized spacial score (nSPS) is 13.3. The topological polar surface area (TPSA) is 0 Å². The number of hydrogen-bond acceptors (Lipinski definition) is 0. The third-order valence-corrected chi connectivity index (χ3v) is 8.99. The Morgan fingerprint density at radius 1 is 0.243 bits per heavy atom. The highest BCUT2D eigenvalue weighted by Crippen LogP contribution is 2.21. The standard InChI is InChI=1S/C37H76/c1-5-7-9-11-12-13-14-15-16-17-18-19-20-22-25-29-34-37(4)35-31-27-24-21-23-26-30-33-36(3)32-28-10-8-6-2/h36-37H,5-35H2,1-4H3. The van der Waals surface area contributed by atoms with Gasteiger partial charge in [0.05, 0.1) is 0 Å². The monoisotopic (exact) mass is 521 g/mol. The van der Waals surface area contributed by atoms with Gasteiger partial charge in [0.1, 0.15) is 0 Å². The van der Waals surface area contributed by atoms with Crippen LogP contribution in [-0.2, 0) is 0 Å². The molecule has 0 heterocycles. The van der Waals surface area contributed by atoms with Crippen LogP contribution in [0, 0.1) is 11.8 Å². The van der Waals surface area contributed by atoms with Gasteiger partial charge < -0.3 is 0 Å². The molecule has 0 aliphatic heterocycles. The Morgan fingerprint density at radius 3 is 0.622 bits per heavy atom. The van der Waals surface area contributed by atoms with E-state index in [-0.39, 0.29) is 0 Å². The van der Waals surface area contributed by atoms with Crippen LogP contribution in [0.4, 0.5) is 0 Å². The van der Waals surface area contributed by atoms with Gasteiger partial charge in [-0.1, -0.05) is 227 Å². The second-order valence-electron chi connectivity index (χ2n) is 13.2. The minimum Gasteiger partial charge on any atom is -0.0654 e. The SMILES string of the molecule is CCCCCCCCCCCCCCCCCCC(C)CCCCCCCCCC(C)CCCCCC.